The minimum atomic E-state index is 0.440. The van der Waals surface area contributed by atoms with Crippen LogP contribution in [0.4, 0.5) is 0 Å². The first kappa shape index (κ1) is 10.8. The van der Waals surface area contributed by atoms with Crippen molar-refractivity contribution >= 4 is 17.2 Å². The highest BCUT2D eigenvalue weighted by molar-refractivity contribution is 7.80. The Balaban J connectivity index is 2.34. The van der Waals surface area contributed by atoms with Crippen molar-refractivity contribution in [2.75, 3.05) is 0 Å². The molecule has 0 bridgehead atoms. The fourth-order valence-electron chi connectivity index (χ4n) is 1.57. The van der Waals surface area contributed by atoms with Crippen molar-refractivity contribution < 1.29 is 0 Å². The van der Waals surface area contributed by atoms with Gasteiger partial charge < -0.3 is 5.73 Å². The maximum atomic E-state index is 5.55. The molecule has 0 atom stereocenters. The third-order valence-corrected chi connectivity index (χ3v) is 2.79. The minimum Gasteiger partial charge on any atom is -0.389 e. The quantitative estimate of drug-likeness (QED) is 0.797. The van der Waals surface area contributed by atoms with E-state index in [1.807, 2.05) is 24.3 Å². The van der Waals surface area contributed by atoms with Crippen LogP contribution < -0.4 is 5.73 Å². The Hall–Kier alpha value is -1.67. The molecular weight excluding hydrogens is 214 g/mol. The zero-order valence-electron chi connectivity index (χ0n) is 9.10. The van der Waals surface area contributed by atoms with E-state index >= 15 is 0 Å². The SMILES string of the molecule is Cc1ccc(-c2ccc(C(N)=S)cc2)cc1. The zero-order chi connectivity index (χ0) is 11.5. The Morgan fingerprint density at radius 2 is 1.31 bits per heavy atom. The van der Waals surface area contributed by atoms with Gasteiger partial charge in [0.2, 0.25) is 0 Å². The minimum absolute atomic E-state index is 0.440. The molecule has 2 N–H and O–H groups in total. The van der Waals surface area contributed by atoms with Crippen LogP contribution in [0.2, 0.25) is 0 Å². The first-order chi connectivity index (χ1) is 7.66. The molecule has 16 heavy (non-hydrogen) atoms. The van der Waals surface area contributed by atoms with Gasteiger partial charge in [-0.1, -0.05) is 66.3 Å². The van der Waals surface area contributed by atoms with Gasteiger partial charge in [-0.15, -0.1) is 0 Å². The van der Waals surface area contributed by atoms with Crippen LogP contribution in [0.5, 0.6) is 0 Å². The summed E-state index contributed by atoms with van der Waals surface area (Å²) in [6.45, 7) is 2.08. The third kappa shape index (κ3) is 2.28. The molecule has 0 aliphatic rings. The molecule has 0 aliphatic heterocycles. The van der Waals surface area contributed by atoms with Gasteiger partial charge in [-0.05, 0) is 18.1 Å². The van der Waals surface area contributed by atoms with E-state index in [1.165, 1.54) is 16.7 Å². The largest absolute Gasteiger partial charge is 0.389 e. The first-order valence-corrected chi connectivity index (χ1v) is 5.54. The Bertz CT molecular complexity index is 497. The van der Waals surface area contributed by atoms with Gasteiger partial charge in [0.1, 0.15) is 4.99 Å². The van der Waals surface area contributed by atoms with Gasteiger partial charge in [0.25, 0.3) is 0 Å². The molecule has 2 aromatic carbocycles. The molecule has 2 heteroatoms. The second-order valence-corrected chi connectivity index (χ2v) is 4.25. The number of hydrogen-bond donors (Lipinski definition) is 1. The molecular formula is C14H13NS. The van der Waals surface area contributed by atoms with Crippen molar-refractivity contribution in [2.45, 2.75) is 6.92 Å². The van der Waals surface area contributed by atoms with Crippen molar-refractivity contribution in [3.8, 4) is 11.1 Å². The molecule has 1 nitrogen and oxygen atoms in total. The van der Waals surface area contributed by atoms with E-state index in [0.29, 0.717) is 4.99 Å². The third-order valence-electron chi connectivity index (χ3n) is 2.55. The normalized spacial score (nSPS) is 10.1. The fourth-order valence-corrected chi connectivity index (χ4v) is 1.71. The van der Waals surface area contributed by atoms with Crippen molar-refractivity contribution in [2.24, 2.45) is 5.73 Å². The summed E-state index contributed by atoms with van der Waals surface area (Å²) in [4.78, 5) is 0.440. The highest BCUT2D eigenvalue weighted by atomic mass is 32.1. The number of hydrogen-bond acceptors (Lipinski definition) is 1. The summed E-state index contributed by atoms with van der Waals surface area (Å²) >= 11 is 4.92. The molecule has 0 amide bonds. The van der Waals surface area contributed by atoms with E-state index in [-0.39, 0.29) is 0 Å². The number of nitrogens with two attached hydrogens (primary N) is 1. The molecule has 80 valence electrons. The molecule has 0 saturated heterocycles. The molecule has 2 aromatic rings. The molecule has 0 saturated carbocycles. The van der Waals surface area contributed by atoms with Gasteiger partial charge in [-0.2, -0.15) is 0 Å². The van der Waals surface area contributed by atoms with Gasteiger partial charge >= 0.3 is 0 Å². The van der Waals surface area contributed by atoms with Gasteiger partial charge in [0.15, 0.2) is 0 Å². The molecule has 2 rings (SSSR count). The summed E-state index contributed by atoms with van der Waals surface area (Å²) in [6, 6.07) is 16.4. The van der Waals surface area contributed by atoms with Crippen LogP contribution in [-0.2, 0) is 0 Å². The lowest BCUT2D eigenvalue weighted by atomic mass is 10.0. The summed E-state index contributed by atoms with van der Waals surface area (Å²) in [5.41, 5.74) is 10.1. The topological polar surface area (TPSA) is 26.0 Å². The first-order valence-electron chi connectivity index (χ1n) is 5.14. The smallest absolute Gasteiger partial charge is 0.103 e. The summed E-state index contributed by atoms with van der Waals surface area (Å²) in [6.07, 6.45) is 0. The van der Waals surface area contributed by atoms with Crippen LogP contribution in [-0.4, -0.2) is 4.99 Å². The van der Waals surface area contributed by atoms with Crippen LogP contribution >= 0.6 is 12.2 Å². The van der Waals surface area contributed by atoms with E-state index in [0.717, 1.165) is 5.56 Å². The number of benzene rings is 2. The van der Waals surface area contributed by atoms with Gasteiger partial charge in [0.05, 0.1) is 0 Å². The Labute approximate surface area is 101 Å². The Kier molecular flexibility index (Phi) is 3.02. The summed E-state index contributed by atoms with van der Waals surface area (Å²) in [5, 5.41) is 0. The summed E-state index contributed by atoms with van der Waals surface area (Å²) in [5.74, 6) is 0. The van der Waals surface area contributed by atoms with Crippen LogP contribution in [0.3, 0.4) is 0 Å². The number of thiocarbonyl (C=S) groups is 1. The Morgan fingerprint density at radius 1 is 0.875 bits per heavy atom. The van der Waals surface area contributed by atoms with Gasteiger partial charge in [0, 0.05) is 5.56 Å². The Morgan fingerprint density at radius 3 is 1.75 bits per heavy atom. The molecule has 0 aliphatic carbocycles. The number of rotatable bonds is 2. The van der Waals surface area contributed by atoms with Crippen LogP contribution in [0.25, 0.3) is 11.1 Å². The van der Waals surface area contributed by atoms with E-state index in [4.69, 9.17) is 18.0 Å². The fraction of sp³-hybridized carbons (Fsp3) is 0.0714. The maximum absolute atomic E-state index is 5.55. The van der Waals surface area contributed by atoms with Crippen molar-refractivity contribution in [1.82, 2.24) is 0 Å². The lowest BCUT2D eigenvalue weighted by molar-refractivity contribution is 1.47. The molecule has 0 heterocycles. The van der Waals surface area contributed by atoms with Crippen molar-refractivity contribution in [1.29, 1.82) is 0 Å². The average molecular weight is 227 g/mol. The second-order valence-electron chi connectivity index (χ2n) is 3.81. The van der Waals surface area contributed by atoms with E-state index < -0.39 is 0 Å². The van der Waals surface area contributed by atoms with E-state index in [1.54, 1.807) is 0 Å². The monoisotopic (exact) mass is 227 g/mol. The molecule has 0 radical (unpaired) electrons. The molecule has 0 aromatic heterocycles. The lowest BCUT2D eigenvalue weighted by Crippen LogP contribution is -2.08. The van der Waals surface area contributed by atoms with E-state index in [9.17, 15) is 0 Å². The highest BCUT2D eigenvalue weighted by Gasteiger charge is 1.99. The van der Waals surface area contributed by atoms with Crippen LogP contribution in [0.15, 0.2) is 48.5 Å². The zero-order valence-corrected chi connectivity index (χ0v) is 9.92. The predicted molar refractivity (Wildman–Crippen MR) is 72.5 cm³/mol. The summed E-state index contributed by atoms with van der Waals surface area (Å²) < 4.78 is 0. The van der Waals surface area contributed by atoms with Crippen LogP contribution in [0, 0.1) is 6.92 Å². The van der Waals surface area contributed by atoms with Crippen LogP contribution in [0.1, 0.15) is 11.1 Å². The molecule has 0 unspecified atom stereocenters. The van der Waals surface area contributed by atoms with Crippen molar-refractivity contribution in [3.05, 3.63) is 59.7 Å². The molecule has 0 spiro atoms. The average Bonchev–Trinajstić information content (AvgIpc) is 2.30. The molecule has 0 fully saturated rings. The summed E-state index contributed by atoms with van der Waals surface area (Å²) in [7, 11) is 0. The predicted octanol–water partition coefficient (Wildman–Crippen LogP) is 3.30. The van der Waals surface area contributed by atoms with Crippen molar-refractivity contribution in [3.63, 3.8) is 0 Å². The number of aryl methyl sites for hydroxylation is 1. The van der Waals surface area contributed by atoms with Gasteiger partial charge in [-0.3, -0.25) is 0 Å². The second kappa shape index (κ2) is 4.45. The van der Waals surface area contributed by atoms with E-state index in [2.05, 4.69) is 31.2 Å². The van der Waals surface area contributed by atoms with Gasteiger partial charge in [-0.25, -0.2) is 0 Å². The standard InChI is InChI=1S/C14H13NS/c1-10-2-4-11(5-3-10)12-6-8-13(9-7-12)14(15)16/h2-9H,1H3,(H2,15,16). The lowest BCUT2D eigenvalue weighted by Gasteiger charge is -2.03. The maximum Gasteiger partial charge on any atom is 0.103 e. The highest BCUT2D eigenvalue weighted by Crippen LogP contribution is 2.20.